The highest BCUT2D eigenvalue weighted by Crippen LogP contribution is 2.19. The summed E-state index contributed by atoms with van der Waals surface area (Å²) in [5, 5.41) is 3.35. The number of rotatable bonds is 7. The van der Waals surface area contributed by atoms with Gasteiger partial charge in [-0.15, -0.1) is 0 Å². The first kappa shape index (κ1) is 14.7. The van der Waals surface area contributed by atoms with Gasteiger partial charge in [0.25, 0.3) is 0 Å². The molecule has 0 radical (unpaired) electrons. The van der Waals surface area contributed by atoms with E-state index in [1.165, 1.54) is 0 Å². The molecule has 0 saturated carbocycles. The molecule has 0 bridgehead atoms. The summed E-state index contributed by atoms with van der Waals surface area (Å²) >= 11 is 0. The molecule has 0 atom stereocenters. The van der Waals surface area contributed by atoms with Crippen LogP contribution in [0.1, 0.15) is 52.3 Å². The van der Waals surface area contributed by atoms with Gasteiger partial charge in [0, 0.05) is 32.1 Å². The first-order valence-corrected chi connectivity index (χ1v) is 6.92. The summed E-state index contributed by atoms with van der Waals surface area (Å²) in [6, 6.07) is 2.04. The van der Waals surface area contributed by atoms with Crippen LogP contribution in [0.5, 0.6) is 0 Å². The Balaban J connectivity index is 2.97. The fourth-order valence-corrected chi connectivity index (χ4v) is 1.70. The van der Waals surface area contributed by atoms with Crippen LogP contribution in [0.3, 0.4) is 0 Å². The molecule has 18 heavy (non-hydrogen) atoms. The van der Waals surface area contributed by atoms with Gasteiger partial charge < -0.3 is 10.2 Å². The van der Waals surface area contributed by atoms with Crippen molar-refractivity contribution in [3.8, 4) is 0 Å². The third-order valence-corrected chi connectivity index (χ3v) is 2.75. The predicted octanol–water partition coefficient (Wildman–Crippen LogP) is 3.27. The maximum Gasteiger partial charge on any atom is 0.135 e. The van der Waals surface area contributed by atoms with Gasteiger partial charge in [-0.25, -0.2) is 9.97 Å². The molecule has 1 heterocycles. The topological polar surface area (TPSA) is 41.0 Å². The number of aromatic nitrogens is 2. The summed E-state index contributed by atoms with van der Waals surface area (Å²) in [7, 11) is 2.08. The van der Waals surface area contributed by atoms with Gasteiger partial charge in [0.05, 0.1) is 0 Å². The van der Waals surface area contributed by atoms with Crippen LogP contribution in [0, 0.1) is 0 Å². The molecular formula is C14H26N4. The van der Waals surface area contributed by atoms with Gasteiger partial charge in [-0.1, -0.05) is 27.7 Å². The Labute approximate surface area is 111 Å². The molecule has 1 aromatic rings. The molecule has 0 aliphatic rings. The number of nitrogens with zero attached hydrogens (tertiary/aromatic N) is 3. The van der Waals surface area contributed by atoms with Crippen molar-refractivity contribution in [2.24, 2.45) is 0 Å². The molecule has 0 aliphatic carbocycles. The summed E-state index contributed by atoms with van der Waals surface area (Å²) < 4.78 is 0. The Kier molecular flexibility index (Phi) is 5.89. The van der Waals surface area contributed by atoms with Crippen molar-refractivity contribution in [3.63, 3.8) is 0 Å². The second-order valence-electron chi connectivity index (χ2n) is 4.97. The monoisotopic (exact) mass is 250 g/mol. The molecule has 0 unspecified atom stereocenters. The molecule has 102 valence electrons. The summed E-state index contributed by atoms with van der Waals surface area (Å²) in [6.07, 6.45) is 2.22. The standard InChI is InChI=1S/C14H26N4/c1-6-8-15-12-10-13(18(5)9-7-2)17-14(16-12)11(3)4/h10-11H,6-9H2,1-5H3,(H,15,16,17). The third-order valence-electron chi connectivity index (χ3n) is 2.75. The number of hydrogen-bond acceptors (Lipinski definition) is 4. The molecule has 1 N–H and O–H groups in total. The van der Waals surface area contributed by atoms with Crippen LogP contribution >= 0.6 is 0 Å². The zero-order chi connectivity index (χ0) is 13.5. The highest BCUT2D eigenvalue weighted by atomic mass is 15.2. The van der Waals surface area contributed by atoms with Crippen molar-refractivity contribution >= 4 is 11.6 Å². The van der Waals surface area contributed by atoms with Crippen molar-refractivity contribution < 1.29 is 0 Å². The van der Waals surface area contributed by atoms with Crippen molar-refractivity contribution in [2.45, 2.75) is 46.5 Å². The lowest BCUT2D eigenvalue weighted by Crippen LogP contribution is -2.20. The summed E-state index contributed by atoms with van der Waals surface area (Å²) in [6.45, 7) is 10.6. The van der Waals surface area contributed by atoms with Gasteiger partial charge in [0.15, 0.2) is 0 Å². The smallest absolute Gasteiger partial charge is 0.135 e. The van der Waals surface area contributed by atoms with Gasteiger partial charge in [0.2, 0.25) is 0 Å². The Morgan fingerprint density at radius 3 is 2.50 bits per heavy atom. The molecule has 0 amide bonds. The van der Waals surface area contributed by atoms with E-state index in [1.807, 2.05) is 6.07 Å². The first-order chi connectivity index (χ1) is 8.58. The van der Waals surface area contributed by atoms with Crippen molar-refractivity contribution in [2.75, 3.05) is 30.4 Å². The van der Waals surface area contributed by atoms with Gasteiger partial charge in [-0.2, -0.15) is 0 Å². The van der Waals surface area contributed by atoms with E-state index in [0.717, 1.165) is 43.4 Å². The van der Waals surface area contributed by atoms with Crippen molar-refractivity contribution in [1.29, 1.82) is 0 Å². The van der Waals surface area contributed by atoms with E-state index in [-0.39, 0.29) is 0 Å². The summed E-state index contributed by atoms with van der Waals surface area (Å²) in [5.41, 5.74) is 0. The van der Waals surface area contributed by atoms with Crippen LogP contribution in [0.2, 0.25) is 0 Å². The van der Waals surface area contributed by atoms with Gasteiger partial charge in [-0.05, 0) is 12.8 Å². The fraction of sp³-hybridized carbons (Fsp3) is 0.714. The molecule has 1 aromatic heterocycles. The average Bonchev–Trinajstić information content (AvgIpc) is 2.36. The number of hydrogen-bond donors (Lipinski definition) is 1. The highest BCUT2D eigenvalue weighted by Gasteiger charge is 2.10. The highest BCUT2D eigenvalue weighted by molar-refractivity contribution is 5.49. The Hall–Kier alpha value is -1.32. The largest absolute Gasteiger partial charge is 0.370 e. The van der Waals surface area contributed by atoms with Crippen LogP contribution in [0.15, 0.2) is 6.07 Å². The summed E-state index contributed by atoms with van der Waals surface area (Å²) in [4.78, 5) is 11.4. The normalized spacial score (nSPS) is 10.8. The summed E-state index contributed by atoms with van der Waals surface area (Å²) in [5.74, 6) is 3.21. The SMILES string of the molecule is CCCNc1cc(N(C)CCC)nc(C(C)C)n1. The maximum atomic E-state index is 4.63. The Morgan fingerprint density at radius 1 is 1.22 bits per heavy atom. The molecule has 1 rings (SSSR count). The Morgan fingerprint density at radius 2 is 1.94 bits per heavy atom. The molecule has 0 fully saturated rings. The van der Waals surface area contributed by atoms with Crippen LogP contribution < -0.4 is 10.2 Å². The molecule has 0 aliphatic heterocycles. The molecule has 0 spiro atoms. The number of anilines is 2. The lowest BCUT2D eigenvalue weighted by atomic mass is 10.2. The molecule has 0 aromatic carbocycles. The van der Waals surface area contributed by atoms with E-state index in [4.69, 9.17) is 0 Å². The molecule has 0 saturated heterocycles. The van der Waals surface area contributed by atoms with E-state index in [1.54, 1.807) is 0 Å². The average molecular weight is 250 g/mol. The van der Waals surface area contributed by atoms with Gasteiger partial charge >= 0.3 is 0 Å². The van der Waals surface area contributed by atoms with Crippen LogP contribution in [-0.4, -0.2) is 30.1 Å². The van der Waals surface area contributed by atoms with Crippen LogP contribution in [0.4, 0.5) is 11.6 Å². The number of nitrogens with one attached hydrogen (secondary N) is 1. The van der Waals surface area contributed by atoms with E-state index >= 15 is 0 Å². The fourth-order valence-electron chi connectivity index (χ4n) is 1.70. The lowest BCUT2D eigenvalue weighted by Gasteiger charge is -2.19. The third kappa shape index (κ3) is 4.17. The van der Waals surface area contributed by atoms with E-state index in [9.17, 15) is 0 Å². The van der Waals surface area contributed by atoms with Crippen molar-refractivity contribution in [3.05, 3.63) is 11.9 Å². The minimum atomic E-state index is 0.349. The van der Waals surface area contributed by atoms with E-state index in [2.05, 4.69) is 54.9 Å². The minimum Gasteiger partial charge on any atom is -0.370 e. The zero-order valence-corrected chi connectivity index (χ0v) is 12.3. The minimum absolute atomic E-state index is 0.349. The second-order valence-corrected chi connectivity index (χ2v) is 4.97. The Bertz CT molecular complexity index is 363. The molecule has 4 nitrogen and oxygen atoms in total. The quantitative estimate of drug-likeness (QED) is 0.806. The zero-order valence-electron chi connectivity index (χ0n) is 12.3. The molecule has 4 heteroatoms. The first-order valence-electron chi connectivity index (χ1n) is 6.92. The lowest BCUT2D eigenvalue weighted by molar-refractivity contribution is 0.757. The predicted molar refractivity (Wildman–Crippen MR) is 78.5 cm³/mol. The van der Waals surface area contributed by atoms with Crippen LogP contribution in [-0.2, 0) is 0 Å². The van der Waals surface area contributed by atoms with Gasteiger partial charge in [-0.3, -0.25) is 0 Å². The van der Waals surface area contributed by atoms with E-state index < -0.39 is 0 Å². The van der Waals surface area contributed by atoms with Gasteiger partial charge in [0.1, 0.15) is 17.5 Å². The maximum absolute atomic E-state index is 4.63. The van der Waals surface area contributed by atoms with Crippen LogP contribution in [0.25, 0.3) is 0 Å². The second kappa shape index (κ2) is 7.19. The molecular weight excluding hydrogens is 224 g/mol. The van der Waals surface area contributed by atoms with E-state index in [0.29, 0.717) is 5.92 Å². The van der Waals surface area contributed by atoms with Crippen molar-refractivity contribution in [1.82, 2.24) is 9.97 Å².